The first kappa shape index (κ1) is 13.4. The highest BCUT2D eigenvalue weighted by molar-refractivity contribution is 4.85. The summed E-state index contributed by atoms with van der Waals surface area (Å²) in [6.45, 7) is 11.1. The molecule has 17 heavy (non-hydrogen) atoms. The van der Waals surface area contributed by atoms with Crippen molar-refractivity contribution in [3.05, 3.63) is 0 Å². The van der Waals surface area contributed by atoms with Crippen LogP contribution in [0.1, 0.15) is 52.4 Å². The number of nitrogens with one attached hydrogen (secondary N) is 1. The Bertz CT molecular complexity index is 221. The van der Waals surface area contributed by atoms with Gasteiger partial charge in [-0.2, -0.15) is 0 Å². The van der Waals surface area contributed by atoms with Gasteiger partial charge in [0.2, 0.25) is 0 Å². The van der Waals surface area contributed by atoms with Crippen molar-refractivity contribution in [2.45, 2.75) is 52.4 Å². The Balaban J connectivity index is 1.73. The molecular weight excluding hydrogens is 208 g/mol. The van der Waals surface area contributed by atoms with Crippen LogP contribution in [0.5, 0.6) is 0 Å². The van der Waals surface area contributed by atoms with Gasteiger partial charge >= 0.3 is 0 Å². The third-order valence-corrected chi connectivity index (χ3v) is 4.72. The molecule has 2 aliphatic rings. The van der Waals surface area contributed by atoms with Crippen molar-refractivity contribution < 1.29 is 0 Å². The topological polar surface area (TPSA) is 15.3 Å². The minimum atomic E-state index is 0.630. The Morgan fingerprint density at radius 2 is 2.00 bits per heavy atom. The predicted octanol–water partition coefficient (Wildman–Crippen LogP) is 2.89. The van der Waals surface area contributed by atoms with E-state index in [1.54, 1.807) is 0 Å². The Kier molecular flexibility index (Phi) is 4.87. The molecule has 0 aromatic carbocycles. The summed E-state index contributed by atoms with van der Waals surface area (Å²) in [6, 6.07) is 0. The maximum atomic E-state index is 3.50. The van der Waals surface area contributed by atoms with Gasteiger partial charge in [0.1, 0.15) is 0 Å². The van der Waals surface area contributed by atoms with Crippen LogP contribution in [0.25, 0.3) is 0 Å². The Morgan fingerprint density at radius 3 is 2.71 bits per heavy atom. The largest absolute Gasteiger partial charge is 0.317 e. The van der Waals surface area contributed by atoms with Gasteiger partial charge in [-0.05, 0) is 50.2 Å². The third-order valence-electron chi connectivity index (χ3n) is 4.72. The number of likely N-dealkylation sites (tertiary alicyclic amines) is 1. The molecule has 2 fully saturated rings. The number of hydrogen-bond acceptors (Lipinski definition) is 2. The predicted molar refractivity (Wildman–Crippen MR) is 74.3 cm³/mol. The molecule has 1 saturated heterocycles. The second-order valence-electron chi connectivity index (χ2n) is 6.57. The highest BCUT2D eigenvalue weighted by Gasteiger charge is 2.31. The van der Waals surface area contributed by atoms with Gasteiger partial charge in [-0.1, -0.05) is 33.1 Å². The summed E-state index contributed by atoms with van der Waals surface area (Å²) in [5.74, 6) is 0.905. The lowest BCUT2D eigenvalue weighted by Crippen LogP contribution is -2.36. The maximum Gasteiger partial charge on any atom is 0.00354 e. The van der Waals surface area contributed by atoms with Crippen LogP contribution in [-0.2, 0) is 0 Å². The molecule has 1 heterocycles. The van der Waals surface area contributed by atoms with Gasteiger partial charge in [0.05, 0.1) is 0 Å². The Morgan fingerprint density at radius 1 is 1.24 bits per heavy atom. The molecule has 1 aliphatic heterocycles. The highest BCUT2D eigenvalue weighted by Crippen LogP contribution is 2.37. The third kappa shape index (κ3) is 3.96. The summed E-state index contributed by atoms with van der Waals surface area (Å²) >= 11 is 0. The van der Waals surface area contributed by atoms with Crippen LogP contribution in [0.2, 0.25) is 0 Å². The summed E-state index contributed by atoms with van der Waals surface area (Å²) in [5, 5.41) is 3.50. The van der Waals surface area contributed by atoms with Crippen molar-refractivity contribution in [1.82, 2.24) is 10.2 Å². The number of rotatable bonds is 5. The molecule has 2 heteroatoms. The van der Waals surface area contributed by atoms with Gasteiger partial charge in [0.15, 0.2) is 0 Å². The molecule has 0 bridgehead atoms. The van der Waals surface area contributed by atoms with Crippen LogP contribution in [0.15, 0.2) is 0 Å². The van der Waals surface area contributed by atoms with Gasteiger partial charge in [-0.3, -0.25) is 0 Å². The molecule has 1 atom stereocenters. The van der Waals surface area contributed by atoms with E-state index in [0.717, 1.165) is 12.5 Å². The van der Waals surface area contributed by atoms with Crippen LogP contribution in [-0.4, -0.2) is 37.6 Å². The van der Waals surface area contributed by atoms with Crippen molar-refractivity contribution in [3.63, 3.8) is 0 Å². The molecular formula is C15H30N2. The first-order valence-electron chi connectivity index (χ1n) is 7.65. The maximum absolute atomic E-state index is 3.50. The van der Waals surface area contributed by atoms with Crippen LogP contribution < -0.4 is 5.32 Å². The molecule has 1 unspecified atom stereocenters. The fraction of sp³-hybridized carbons (Fsp3) is 1.00. The van der Waals surface area contributed by atoms with E-state index in [9.17, 15) is 0 Å². The van der Waals surface area contributed by atoms with Gasteiger partial charge in [-0.15, -0.1) is 0 Å². The molecule has 2 nitrogen and oxygen atoms in total. The molecule has 100 valence electrons. The van der Waals surface area contributed by atoms with Crippen LogP contribution in [0, 0.1) is 11.3 Å². The summed E-state index contributed by atoms with van der Waals surface area (Å²) < 4.78 is 0. The van der Waals surface area contributed by atoms with Gasteiger partial charge in [-0.25, -0.2) is 0 Å². The van der Waals surface area contributed by atoms with Crippen molar-refractivity contribution in [2.24, 2.45) is 11.3 Å². The monoisotopic (exact) mass is 238 g/mol. The minimum absolute atomic E-state index is 0.630. The second kappa shape index (κ2) is 6.19. The zero-order valence-electron chi connectivity index (χ0n) is 11.8. The summed E-state index contributed by atoms with van der Waals surface area (Å²) in [5.41, 5.74) is 0.630. The van der Waals surface area contributed by atoms with Gasteiger partial charge < -0.3 is 10.2 Å². The van der Waals surface area contributed by atoms with E-state index >= 15 is 0 Å². The average molecular weight is 238 g/mol. The molecule has 0 aromatic rings. The zero-order valence-corrected chi connectivity index (χ0v) is 11.8. The van der Waals surface area contributed by atoms with E-state index in [4.69, 9.17) is 0 Å². The molecule has 0 aromatic heterocycles. The zero-order chi connectivity index (χ0) is 12.1. The molecule has 0 spiro atoms. The number of hydrogen-bond donors (Lipinski definition) is 1. The first-order chi connectivity index (χ1) is 8.22. The molecule has 2 rings (SSSR count). The molecule has 1 N–H and O–H groups in total. The lowest BCUT2D eigenvalue weighted by Gasteiger charge is -2.37. The highest BCUT2D eigenvalue weighted by atomic mass is 15.2. The molecule has 0 radical (unpaired) electrons. The first-order valence-corrected chi connectivity index (χ1v) is 7.65. The smallest absolute Gasteiger partial charge is 0.00354 e. The van der Waals surface area contributed by atoms with Crippen LogP contribution >= 0.6 is 0 Å². The van der Waals surface area contributed by atoms with E-state index in [2.05, 4.69) is 24.1 Å². The normalized spacial score (nSPS) is 29.6. The SMILES string of the molecule is CCNCC1CCN(CC2(C)CCCCC2)C1. The quantitative estimate of drug-likeness (QED) is 0.792. The summed E-state index contributed by atoms with van der Waals surface area (Å²) in [4.78, 5) is 2.73. The lowest BCUT2D eigenvalue weighted by atomic mass is 9.75. The van der Waals surface area contributed by atoms with E-state index in [1.165, 1.54) is 64.7 Å². The van der Waals surface area contributed by atoms with Gasteiger partial charge in [0, 0.05) is 13.1 Å². The average Bonchev–Trinajstić information content (AvgIpc) is 2.74. The summed E-state index contributed by atoms with van der Waals surface area (Å²) in [6.07, 6.45) is 8.72. The molecule has 0 amide bonds. The van der Waals surface area contributed by atoms with E-state index < -0.39 is 0 Å². The van der Waals surface area contributed by atoms with E-state index in [-0.39, 0.29) is 0 Å². The van der Waals surface area contributed by atoms with Crippen molar-refractivity contribution in [1.29, 1.82) is 0 Å². The van der Waals surface area contributed by atoms with E-state index in [0.29, 0.717) is 5.41 Å². The second-order valence-corrected chi connectivity index (χ2v) is 6.57. The van der Waals surface area contributed by atoms with Crippen LogP contribution in [0.4, 0.5) is 0 Å². The fourth-order valence-corrected chi connectivity index (χ4v) is 3.67. The van der Waals surface area contributed by atoms with Crippen molar-refractivity contribution in [3.8, 4) is 0 Å². The van der Waals surface area contributed by atoms with Crippen LogP contribution in [0.3, 0.4) is 0 Å². The lowest BCUT2D eigenvalue weighted by molar-refractivity contribution is 0.136. The fourth-order valence-electron chi connectivity index (χ4n) is 3.67. The summed E-state index contributed by atoms with van der Waals surface area (Å²) in [7, 11) is 0. The Labute approximate surface area is 107 Å². The van der Waals surface area contributed by atoms with Crippen molar-refractivity contribution in [2.75, 3.05) is 32.7 Å². The van der Waals surface area contributed by atoms with Gasteiger partial charge in [0.25, 0.3) is 0 Å². The number of nitrogens with zero attached hydrogens (tertiary/aromatic N) is 1. The molecule has 1 saturated carbocycles. The standard InChI is InChI=1S/C15H30N2/c1-3-16-11-14-7-10-17(12-14)13-15(2)8-5-4-6-9-15/h14,16H,3-13H2,1-2H3. The minimum Gasteiger partial charge on any atom is -0.317 e. The van der Waals surface area contributed by atoms with E-state index in [1.807, 2.05) is 0 Å². The Hall–Kier alpha value is -0.0800. The molecule has 1 aliphatic carbocycles. The van der Waals surface area contributed by atoms with Crippen molar-refractivity contribution >= 4 is 0 Å².